The van der Waals surface area contributed by atoms with Crippen LogP contribution in [-0.4, -0.2) is 18.1 Å². The molecule has 0 bridgehead atoms. The van der Waals surface area contributed by atoms with E-state index < -0.39 is 24.0 Å². The third-order valence-electron chi connectivity index (χ3n) is 2.10. The molecule has 0 aromatic carbocycles. The standard InChI is InChI=1S/C10H9ClF3NO2/c1-17-8(16)3-6-5(4-11)2-7(9(12)13)15-10(6)14/h2,9H,3-4H2,1H3. The first kappa shape index (κ1) is 13.8. The maximum Gasteiger partial charge on any atom is 0.310 e. The summed E-state index contributed by atoms with van der Waals surface area (Å²) in [5.74, 6) is -2.00. The first-order chi connectivity index (χ1) is 7.99. The second-order valence-electron chi connectivity index (χ2n) is 3.16. The zero-order valence-corrected chi connectivity index (χ0v) is 9.60. The molecule has 0 amide bonds. The molecule has 94 valence electrons. The quantitative estimate of drug-likeness (QED) is 0.478. The number of alkyl halides is 3. The lowest BCUT2D eigenvalue weighted by Gasteiger charge is -2.09. The van der Waals surface area contributed by atoms with Crippen LogP contribution in [0.1, 0.15) is 23.2 Å². The van der Waals surface area contributed by atoms with Crippen LogP contribution in [0, 0.1) is 5.95 Å². The third-order valence-corrected chi connectivity index (χ3v) is 2.39. The van der Waals surface area contributed by atoms with Crippen molar-refractivity contribution in [1.82, 2.24) is 4.98 Å². The van der Waals surface area contributed by atoms with Gasteiger partial charge in [0.25, 0.3) is 6.43 Å². The molecular weight excluding hydrogens is 259 g/mol. The van der Waals surface area contributed by atoms with Crippen LogP contribution < -0.4 is 0 Å². The average molecular weight is 268 g/mol. The highest BCUT2D eigenvalue weighted by Gasteiger charge is 2.19. The second-order valence-corrected chi connectivity index (χ2v) is 3.43. The predicted octanol–water partition coefficient (Wildman–Crippen LogP) is 2.61. The summed E-state index contributed by atoms with van der Waals surface area (Å²) in [4.78, 5) is 14.1. The summed E-state index contributed by atoms with van der Waals surface area (Å²) < 4.78 is 42.5. The molecule has 1 aromatic heterocycles. The fourth-order valence-electron chi connectivity index (χ4n) is 1.25. The van der Waals surface area contributed by atoms with Crippen molar-refractivity contribution in [2.75, 3.05) is 7.11 Å². The number of methoxy groups -OCH3 is 1. The summed E-state index contributed by atoms with van der Waals surface area (Å²) in [6.45, 7) is 0. The van der Waals surface area contributed by atoms with Crippen molar-refractivity contribution in [2.24, 2.45) is 0 Å². The Balaban J connectivity index is 3.16. The molecule has 0 unspecified atom stereocenters. The molecule has 1 heterocycles. The number of hydrogen-bond acceptors (Lipinski definition) is 3. The van der Waals surface area contributed by atoms with E-state index in [1.54, 1.807) is 0 Å². The minimum atomic E-state index is -2.89. The van der Waals surface area contributed by atoms with E-state index in [1.165, 1.54) is 0 Å². The van der Waals surface area contributed by atoms with Gasteiger partial charge in [-0.05, 0) is 11.6 Å². The number of nitrogens with zero attached hydrogens (tertiary/aromatic N) is 1. The topological polar surface area (TPSA) is 39.2 Å². The first-order valence-electron chi connectivity index (χ1n) is 4.58. The fraction of sp³-hybridized carbons (Fsp3) is 0.400. The molecule has 0 aliphatic carbocycles. The van der Waals surface area contributed by atoms with Gasteiger partial charge in [0.2, 0.25) is 5.95 Å². The maximum atomic E-state index is 13.4. The smallest absolute Gasteiger partial charge is 0.310 e. The highest BCUT2D eigenvalue weighted by molar-refractivity contribution is 6.17. The summed E-state index contributed by atoms with van der Waals surface area (Å²) in [5.41, 5.74) is -0.706. The average Bonchev–Trinajstić information content (AvgIpc) is 2.30. The molecule has 0 saturated heterocycles. The first-order valence-corrected chi connectivity index (χ1v) is 5.12. The van der Waals surface area contributed by atoms with Gasteiger partial charge in [0, 0.05) is 11.4 Å². The molecular formula is C10H9ClF3NO2. The Labute approximate surface area is 101 Å². The van der Waals surface area contributed by atoms with E-state index in [4.69, 9.17) is 11.6 Å². The lowest BCUT2D eigenvalue weighted by Crippen LogP contribution is -2.11. The molecule has 0 fully saturated rings. The molecule has 0 radical (unpaired) electrons. The van der Waals surface area contributed by atoms with Gasteiger partial charge in [0.1, 0.15) is 5.69 Å². The van der Waals surface area contributed by atoms with Crippen LogP contribution >= 0.6 is 11.6 Å². The van der Waals surface area contributed by atoms with Gasteiger partial charge < -0.3 is 4.74 Å². The van der Waals surface area contributed by atoms with Gasteiger partial charge in [-0.15, -0.1) is 11.6 Å². The SMILES string of the molecule is COC(=O)Cc1c(CCl)cc(C(F)F)nc1F. The maximum absolute atomic E-state index is 13.4. The van der Waals surface area contributed by atoms with Gasteiger partial charge in [-0.1, -0.05) is 0 Å². The van der Waals surface area contributed by atoms with E-state index in [2.05, 4.69) is 9.72 Å². The van der Waals surface area contributed by atoms with Crippen LogP contribution in [0.4, 0.5) is 13.2 Å². The van der Waals surface area contributed by atoms with E-state index in [0.717, 1.165) is 13.2 Å². The van der Waals surface area contributed by atoms with Crippen molar-refractivity contribution < 1.29 is 22.7 Å². The summed E-state index contributed by atoms with van der Waals surface area (Å²) in [7, 11) is 1.14. The molecule has 1 aromatic rings. The Kier molecular flexibility index (Phi) is 4.74. The zero-order chi connectivity index (χ0) is 13.0. The van der Waals surface area contributed by atoms with Crippen molar-refractivity contribution >= 4 is 17.6 Å². The highest BCUT2D eigenvalue weighted by atomic mass is 35.5. The number of carbonyl (C=O) groups is 1. The van der Waals surface area contributed by atoms with Crippen LogP contribution in [0.25, 0.3) is 0 Å². The van der Waals surface area contributed by atoms with Gasteiger partial charge in [0.05, 0.1) is 13.5 Å². The normalized spacial score (nSPS) is 10.7. The number of hydrogen-bond donors (Lipinski definition) is 0. The summed E-state index contributed by atoms with van der Waals surface area (Å²) >= 11 is 5.52. The third kappa shape index (κ3) is 3.33. The minimum Gasteiger partial charge on any atom is -0.469 e. The lowest BCUT2D eigenvalue weighted by atomic mass is 10.1. The molecule has 0 spiro atoms. The van der Waals surface area contributed by atoms with E-state index in [0.29, 0.717) is 0 Å². The number of aromatic nitrogens is 1. The number of rotatable bonds is 4. The Morgan fingerprint density at radius 3 is 2.71 bits per heavy atom. The van der Waals surface area contributed by atoms with E-state index >= 15 is 0 Å². The van der Waals surface area contributed by atoms with Gasteiger partial charge in [0.15, 0.2) is 0 Å². The molecule has 0 atom stereocenters. The molecule has 17 heavy (non-hydrogen) atoms. The van der Waals surface area contributed by atoms with Gasteiger partial charge in [-0.3, -0.25) is 4.79 Å². The minimum absolute atomic E-state index is 0.111. The number of pyridine rings is 1. The van der Waals surface area contributed by atoms with Crippen LogP contribution in [0.2, 0.25) is 0 Å². The molecule has 0 aliphatic rings. The van der Waals surface area contributed by atoms with Crippen molar-refractivity contribution in [2.45, 2.75) is 18.7 Å². The van der Waals surface area contributed by atoms with Crippen molar-refractivity contribution in [3.8, 4) is 0 Å². The number of esters is 1. The van der Waals surface area contributed by atoms with Gasteiger partial charge in [-0.2, -0.15) is 4.39 Å². The van der Waals surface area contributed by atoms with Crippen molar-refractivity contribution in [3.05, 3.63) is 28.8 Å². The zero-order valence-electron chi connectivity index (χ0n) is 8.84. The van der Waals surface area contributed by atoms with Crippen molar-refractivity contribution in [3.63, 3.8) is 0 Å². The number of carbonyl (C=O) groups excluding carboxylic acids is 1. The summed E-state index contributed by atoms with van der Waals surface area (Å²) in [5, 5.41) is 0. The van der Waals surface area contributed by atoms with Crippen LogP contribution in [0.3, 0.4) is 0 Å². The van der Waals surface area contributed by atoms with Crippen LogP contribution in [0.15, 0.2) is 6.07 Å². The molecule has 0 N–H and O–H groups in total. The van der Waals surface area contributed by atoms with E-state index in [9.17, 15) is 18.0 Å². The monoisotopic (exact) mass is 267 g/mol. The Morgan fingerprint density at radius 1 is 1.59 bits per heavy atom. The second kappa shape index (κ2) is 5.86. The summed E-state index contributed by atoms with van der Waals surface area (Å²) in [6.07, 6.45) is -3.28. The highest BCUT2D eigenvalue weighted by Crippen LogP contribution is 2.23. The van der Waals surface area contributed by atoms with Gasteiger partial charge >= 0.3 is 5.97 Å². The predicted molar refractivity (Wildman–Crippen MR) is 54.4 cm³/mol. The van der Waals surface area contributed by atoms with Crippen molar-refractivity contribution in [1.29, 1.82) is 0 Å². The Hall–Kier alpha value is -1.30. The largest absolute Gasteiger partial charge is 0.469 e. The van der Waals surface area contributed by atoms with E-state index in [1.807, 2.05) is 0 Å². The lowest BCUT2D eigenvalue weighted by molar-refractivity contribution is -0.139. The van der Waals surface area contributed by atoms with Gasteiger partial charge in [-0.25, -0.2) is 13.8 Å². The molecule has 0 aliphatic heterocycles. The van der Waals surface area contributed by atoms with Crippen LogP contribution in [-0.2, 0) is 21.8 Å². The number of ether oxygens (including phenoxy) is 1. The number of halogens is 4. The molecule has 7 heteroatoms. The fourth-order valence-corrected chi connectivity index (χ4v) is 1.48. The Bertz CT molecular complexity index is 426. The summed E-state index contributed by atoms with van der Waals surface area (Å²) in [6, 6.07) is 0.985. The Morgan fingerprint density at radius 2 is 2.24 bits per heavy atom. The van der Waals surface area contributed by atoms with E-state index in [-0.39, 0.29) is 23.4 Å². The molecule has 1 rings (SSSR count). The molecule has 0 saturated carbocycles. The van der Waals surface area contributed by atoms with Crippen LogP contribution in [0.5, 0.6) is 0 Å². The molecule has 3 nitrogen and oxygen atoms in total.